The van der Waals surface area contributed by atoms with Crippen molar-refractivity contribution in [3.63, 3.8) is 0 Å². The smallest absolute Gasteiger partial charge is 0.222 e. The number of likely N-dealkylation sites (tertiary alicyclic amines) is 1. The van der Waals surface area contributed by atoms with Crippen molar-refractivity contribution in [3.8, 4) is 0 Å². The molecule has 146 valence electrons. The van der Waals surface area contributed by atoms with Crippen molar-refractivity contribution >= 4 is 17.5 Å². The molecule has 1 amide bonds. The van der Waals surface area contributed by atoms with Gasteiger partial charge in [0.05, 0.1) is 0 Å². The van der Waals surface area contributed by atoms with Gasteiger partial charge in [0.2, 0.25) is 5.91 Å². The normalized spacial score (nSPS) is 22.5. The van der Waals surface area contributed by atoms with Crippen molar-refractivity contribution in [2.75, 3.05) is 24.5 Å². The number of carbonyl (C=O) groups is 2. The summed E-state index contributed by atoms with van der Waals surface area (Å²) >= 11 is 0. The van der Waals surface area contributed by atoms with Crippen molar-refractivity contribution in [1.29, 1.82) is 0 Å². The van der Waals surface area contributed by atoms with Crippen molar-refractivity contribution in [2.45, 2.75) is 39.2 Å². The zero-order valence-electron chi connectivity index (χ0n) is 16.3. The number of amides is 1. The topological polar surface area (TPSA) is 66.4 Å². The predicted octanol–water partition coefficient (Wildman–Crippen LogP) is 3.09. The Morgan fingerprint density at radius 2 is 2.07 bits per heavy atom. The number of anilines is 1. The number of carbonyl (C=O) groups excluding carboxylic acids is 2. The van der Waals surface area contributed by atoms with E-state index in [4.69, 9.17) is 0 Å². The van der Waals surface area contributed by atoms with Gasteiger partial charge in [-0.3, -0.25) is 14.6 Å². The predicted molar refractivity (Wildman–Crippen MR) is 107 cm³/mol. The van der Waals surface area contributed by atoms with E-state index in [2.05, 4.69) is 14.9 Å². The molecule has 2 aromatic heterocycles. The number of hydrogen-bond acceptors (Lipinski definition) is 5. The number of rotatable bonds is 4. The molecule has 2 fully saturated rings. The summed E-state index contributed by atoms with van der Waals surface area (Å²) in [5.74, 6) is 1.18. The second kappa shape index (κ2) is 7.70. The van der Waals surface area contributed by atoms with E-state index in [9.17, 15) is 9.59 Å². The Morgan fingerprint density at radius 3 is 2.79 bits per heavy atom. The third-order valence-corrected chi connectivity index (χ3v) is 5.98. The molecule has 0 saturated carbocycles. The van der Waals surface area contributed by atoms with Gasteiger partial charge in [0.1, 0.15) is 5.82 Å². The maximum absolute atomic E-state index is 12.5. The van der Waals surface area contributed by atoms with Gasteiger partial charge in [-0.2, -0.15) is 0 Å². The molecule has 28 heavy (non-hydrogen) atoms. The van der Waals surface area contributed by atoms with Gasteiger partial charge in [0.15, 0.2) is 5.78 Å². The van der Waals surface area contributed by atoms with Gasteiger partial charge in [0.25, 0.3) is 0 Å². The molecule has 1 spiro atoms. The molecule has 0 bridgehead atoms. The molecule has 6 heteroatoms. The molecule has 4 rings (SSSR count). The molecule has 4 heterocycles. The lowest BCUT2D eigenvalue weighted by atomic mass is 9.73. The van der Waals surface area contributed by atoms with E-state index < -0.39 is 0 Å². The van der Waals surface area contributed by atoms with Crippen LogP contribution in [0.25, 0.3) is 0 Å². The van der Waals surface area contributed by atoms with E-state index in [-0.39, 0.29) is 17.1 Å². The minimum absolute atomic E-state index is 0.0333. The van der Waals surface area contributed by atoms with Gasteiger partial charge in [-0.05, 0) is 49.9 Å². The first-order chi connectivity index (χ1) is 13.5. The van der Waals surface area contributed by atoms with Crippen LogP contribution in [0.1, 0.15) is 48.5 Å². The van der Waals surface area contributed by atoms with Crippen molar-refractivity contribution in [1.82, 2.24) is 14.9 Å². The Labute approximate surface area is 165 Å². The van der Waals surface area contributed by atoms with Crippen molar-refractivity contribution in [3.05, 3.63) is 54.0 Å². The SMILES string of the molecule is CC(=O)c1ccc(N2CCC[C@]3(CCC(=O)N(Cc4cccnc4)C3)C2)nc1. The highest BCUT2D eigenvalue weighted by Gasteiger charge is 2.42. The molecule has 2 aliphatic rings. The Kier molecular flexibility index (Phi) is 5.11. The molecule has 2 saturated heterocycles. The van der Waals surface area contributed by atoms with E-state index in [0.717, 1.165) is 50.3 Å². The average Bonchev–Trinajstić information content (AvgIpc) is 2.72. The first-order valence-electron chi connectivity index (χ1n) is 9.93. The molecule has 0 N–H and O–H groups in total. The lowest BCUT2D eigenvalue weighted by Crippen LogP contribution is -2.54. The minimum Gasteiger partial charge on any atom is -0.356 e. The summed E-state index contributed by atoms with van der Waals surface area (Å²) in [7, 11) is 0. The molecule has 0 radical (unpaired) electrons. The Hall–Kier alpha value is -2.76. The fourth-order valence-electron chi connectivity index (χ4n) is 4.48. The minimum atomic E-state index is 0.0333. The quantitative estimate of drug-likeness (QED) is 0.765. The molecule has 0 unspecified atom stereocenters. The monoisotopic (exact) mass is 378 g/mol. The molecular weight excluding hydrogens is 352 g/mol. The van der Waals surface area contributed by atoms with Crippen LogP contribution >= 0.6 is 0 Å². The van der Waals surface area contributed by atoms with Crippen LogP contribution in [-0.4, -0.2) is 46.2 Å². The van der Waals surface area contributed by atoms with Crippen LogP contribution in [0.2, 0.25) is 0 Å². The highest BCUT2D eigenvalue weighted by Crippen LogP contribution is 2.40. The van der Waals surface area contributed by atoms with E-state index in [0.29, 0.717) is 18.5 Å². The van der Waals surface area contributed by atoms with Crippen LogP contribution in [0.5, 0.6) is 0 Å². The molecule has 6 nitrogen and oxygen atoms in total. The molecule has 2 aliphatic heterocycles. The lowest BCUT2D eigenvalue weighted by Gasteiger charge is -2.48. The fourth-order valence-corrected chi connectivity index (χ4v) is 4.48. The maximum Gasteiger partial charge on any atom is 0.222 e. The van der Waals surface area contributed by atoms with Crippen LogP contribution in [-0.2, 0) is 11.3 Å². The van der Waals surface area contributed by atoms with E-state index in [1.807, 2.05) is 35.4 Å². The van der Waals surface area contributed by atoms with Gasteiger partial charge in [-0.1, -0.05) is 6.07 Å². The summed E-state index contributed by atoms with van der Waals surface area (Å²) < 4.78 is 0. The van der Waals surface area contributed by atoms with Crippen LogP contribution in [0.4, 0.5) is 5.82 Å². The Bertz CT molecular complexity index is 853. The number of ketones is 1. The second-order valence-corrected chi connectivity index (χ2v) is 8.10. The third-order valence-electron chi connectivity index (χ3n) is 5.98. The first kappa shape index (κ1) is 18.6. The number of piperidine rings is 2. The molecular formula is C22H26N4O2. The summed E-state index contributed by atoms with van der Waals surface area (Å²) in [6.45, 7) is 4.83. The van der Waals surface area contributed by atoms with Crippen LogP contribution in [0, 0.1) is 5.41 Å². The summed E-state index contributed by atoms with van der Waals surface area (Å²) in [4.78, 5) is 37.0. The van der Waals surface area contributed by atoms with Crippen molar-refractivity contribution in [2.24, 2.45) is 5.41 Å². The lowest BCUT2D eigenvalue weighted by molar-refractivity contribution is -0.138. The molecule has 2 aromatic rings. The highest BCUT2D eigenvalue weighted by molar-refractivity contribution is 5.93. The van der Waals surface area contributed by atoms with Crippen LogP contribution in [0.15, 0.2) is 42.9 Å². The van der Waals surface area contributed by atoms with Gasteiger partial charge in [-0.15, -0.1) is 0 Å². The first-order valence-corrected chi connectivity index (χ1v) is 9.93. The maximum atomic E-state index is 12.5. The number of pyridine rings is 2. The van der Waals surface area contributed by atoms with Gasteiger partial charge in [0, 0.05) is 62.2 Å². The third kappa shape index (κ3) is 3.91. The summed E-state index contributed by atoms with van der Waals surface area (Å²) in [6, 6.07) is 7.73. The Morgan fingerprint density at radius 1 is 1.18 bits per heavy atom. The van der Waals surface area contributed by atoms with Crippen molar-refractivity contribution < 1.29 is 9.59 Å². The number of hydrogen-bond donors (Lipinski definition) is 0. The highest BCUT2D eigenvalue weighted by atomic mass is 16.2. The fraction of sp³-hybridized carbons (Fsp3) is 0.455. The molecule has 0 aliphatic carbocycles. The van der Waals surface area contributed by atoms with E-state index >= 15 is 0 Å². The summed E-state index contributed by atoms with van der Waals surface area (Å²) in [5.41, 5.74) is 1.82. The zero-order valence-corrected chi connectivity index (χ0v) is 16.3. The average molecular weight is 378 g/mol. The molecule has 1 atom stereocenters. The van der Waals surface area contributed by atoms with Crippen LogP contribution < -0.4 is 4.90 Å². The largest absolute Gasteiger partial charge is 0.356 e. The van der Waals surface area contributed by atoms with Gasteiger partial charge >= 0.3 is 0 Å². The van der Waals surface area contributed by atoms with Crippen LogP contribution in [0.3, 0.4) is 0 Å². The van der Waals surface area contributed by atoms with E-state index in [1.165, 1.54) is 0 Å². The van der Waals surface area contributed by atoms with E-state index in [1.54, 1.807) is 19.3 Å². The number of Topliss-reactive ketones (excluding diaryl/α,β-unsaturated/α-hetero) is 1. The summed E-state index contributed by atoms with van der Waals surface area (Å²) in [5, 5.41) is 0. The standard InChI is InChI=1S/C22H26N4O2/c1-17(27)19-5-6-20(24-13-19)25-11-3-8-22(15-25)9-7-21(28)26(16-22)14-18-4-2-10-23-12-18/h2,4-6,10,12-13H,3,7-9,11,14-16H2,1H3/t22-/m0/s1. The molecule has 0 aromatic carbocycles. The zero-order chi connectivity index (χ0) is 19.6. The van der Waals surface area contributed by atoms with Gasteiger partial charge < -0.3 is 9.80 Å². The summed E-state index contributed by atoms with van der Waals surface area (Å²) in [6.07, 6.45) is 9.01. The second-order valence-electron chi connectivity index (χ2n) is 8.10. The Balaban J connectivity index is 1.49. The van der Waals surface area contributed by atoms with Gasteiger partial charge in [-0.25, -0.2) is 4.98 Å². The number of aromatic nitrogens is 2. The number of nitrogens with zero attached hydrogens (tertiary/aromatic N) is 4.